The summed E-state index contributed by atoms with van der Waals surface area (Å²) in [4.78, 5) is 0. The van der Waals surface area contributed by atoms with E-state index in [1.54, 1.807) is 11.1 Å². The Hall–Kier alpha value is -0.780. The van der Waals surface area contributed by atoms with E-state index in [-0.39, 0.29) is 0 Å². The molecule has 0 spiro atoms. The lowest BCUT2D eigenvalue weighted by Crippen LogP contribution is -1.96. The summed E-state index contributed by atoms with van der Waals surface area (Å²) in [5, 5.41) is 0. The van der Waals surface area contributed by atoms with Crippen LogP contribution in [0, 0.1) is 11.8 Å². The van der Waals surface area contributed by atoms with E-state index in [4.69, 9.17) is 0 Å². The molecule has 0 heteroatoms. The molecule has 0 aliphatic carbocycles. The standard InChI is InChI=1S/C24H42/c1-21(2)15-9-5-7-11-17-23-19-13-14-20-24(23)18-12-8-6-10-16-22(3)4/h13-14,19-22H,5-12,15-18H2,1-4H3. The van der Waals surface area contributed by atoms with Gasteiger partial charge < -0.3 is 0 Å². The summed E-state index contributed by atoms with van der Waals surface area (Å²) >= 11 is 0. The molecule has 0 aliphatic rings. The predicted octanol–water partition coefficient (Wildman–Crippen LogP) is 7.98. The third kappa shape index (κ3) is 10.9. The van der Waals surface area contributed by atoms with Crippen LogP contribution in [0.5, 0.6) is 0 Å². The van der Waals surface area contributed by atoms with Gasteiger partial charge in [-0.3, -0.25) is 0 Å². The van der Waals surface area contributed by atoms with Gasteiger partial charge in [-0.15, -0.1) is 0 Å². The summed E-state index contributed by atoms with van der Waals surface area (Å²) in [5.74, 6) is 1.73. The lowest BCUT2D eigenvalue weighted by atomic mass is 9.96. The van der Waals surface area contributed by atoms with E-state index in [0.29, 0.717) is 0 Å². The zero-order chi connectivity index (χ0) is 17.6. The van der Waals surface area contributed by atoms with Gasteiger partial charge in [0.25, 0.3) is 0 Å². The van der Waals surface area contributed by atoms with Crippen LogP contribution < -0.4 is 0 Å². The predicted molar refractivity (Wildman–Crippen MR) is 110 cm³/mol. The molecule has 0 nitrogen and oxygen atoms in total. The average molecular weight is 331 g/mol. The van der Waals surface area contributed by atoms with Crippen molar-refractivity contribution in [3.63, 3.8) is 0 Å². The first kappa shape index (κ1) is 21.3. The highest BCUT2D eigenvalue weighted by Crippen LogP contribution is 2.18. The molecule has 0 atom stereocenters. The molecule has 0 radical (unpaired) electrons. The number of unbranched alkanes of at least 4 members (excludes halogenated alkanes) is 6. The molecule has 1 rings (SSSR count). The van der Waals surface area contributed by atoms with Gasteiger partial charge in [0.1, 0.15) is 0 Å². The van der Waals surface area contributed by atoms with E-state index in [1.165, 1.54) is 77.0 Å². The normalized spacial score (nSPS) is 11.6. The van der Waals surface area contributed by atoms with Crippen molar-refractivity contribution in [1.82, 2.24) is 0 Å². The lowest BCUT2D eigenvalue weighted by Gasteiger charge is -2.10. The van der Waals surface area contributed by atoms with Crippen LogP contribution in [0.1, 0.15) is 103 Å². The highest BCUT2D eigenvalue weighted by molar-refractivity contribution is 5.27. The molecule has 0 saturated heterocycles. The lowest BCUT2D eigenvalue weighted by molar-refractivity contribution is 0.517. The number of rotatable bonds is 14. The Labute approximate surface area is 152 Å². The topological polar surface area (TPSA) is 0 Å². The van der Waals surface area contributed by atoms with E-state index < -0.39 is 0 Å². The van der Waals surface area contributed by atoms with Crippen molar-refractivity contribution < 1.29 is 0 Å². The second-order valence-corrected chi connectivity index (χ2v) is 8.46. The molecule has 0 aliphatic heterocycles. The Bertz CT molecular complexity index is 363. The molecule has 1 aromatic carbocycles. The molecule has 1 aromatic rings. The Morgan fingerprint density at radius 2 is 0.917 bits per heavy atom. The SMILES string of the molecule is CC(C)CCCCCCc1ccccc1CCCCCCC(C)C. The maximum Gasteiger partial charge on any atom is -0.0276 e. The summed E-state index contributed by atoms with van der Waals surface area (Å²) in [5.41, 5.74) is 3.23. The van der Waals surface area contributed by atoms with Crippen molar-refractivity contribution in [2.45, 2.75) is 105 Å². The largest absolute Gasteiger partial charge is 0.0628 e. The average Bonchev–Trinajstić information content (AvgIpc) is 2.54. The van der Waals surface area contributed by atoms with Gasteiger partial charge in [0.05, 0.1) is 0 Å². The van der Waals surface area contributed by atoms with Crippen molar-refractivity contribution in [1.29, 1.82) is 0 Å². The Morgan fingerprint density at radius 1 is 0.542 bits per heavy atom. The molecule has 0 aromatic heterocycles. The smallest absolute Gasteiger partial charge is 0.0276 e. The van der Waals surface area contributed by atoms with Crippen molar-refractivity contribution in [3.05, 3.63) is 35.4 Å². The third-order valence-corrected chi connectivity index (χ3v) is 5.07. The number of benzene rings is 1. The number of hydrogen-bond donors (Lipinski definition) is 0. The van der Waals surface area contributed by atoms with Gasteiger partial charge in [-0.05, 0) is 48.6 Å². The zero-order valence-corrected chi connectivity index (χ0v) is 16.9. The minimum Gasteiger partial charge on any atom is -0.0628 e. The van der Waals surface area contributed by atoms with Crippen molar-refractivity contribution in [3.8, 4) is 0 Å². The summed E-state index contributed by atoms with van der Waals surface area (Å²) in [6.45, 7) is 9.33. The van der Waals surface area contributed by atoms with Gasteiger partial charge in [0.2, 0.25) is 0 Å². The van der Waals surface area contributed by atoms with Crippen LogP contribution in [0.2, 0.25) is 0 Å². The van der Waals surface area contributed by atoms with Crippen molar-refractivity contribution in [2.24, 2.45) is 11.8 Å². The molecule has 0 bridgehead atoms. The van der Waals surface area contributed by atoms with Crippen molar-refractivity contribution in [2.75, 3.05) is 0 Å². The Balaban J connectivity index is 2.19. The quantitative estimate of drug-likeness (QED) is 0.303. The molecule has 0 N–H and O–H groups in total. The van der Waals surface area contributed by atoms with Crippen LogP contribution >= 0.6 is 0 Å². The van der Waals surface area contributed by atoms with Gasteiger partial charge in [-0.1, -0.05) is 103 Å². The minimum absolute atomic E-state index is 0.867. The van der Waals surface area contributed by atoms with Crippen LogP contribution in [0.15, 0.2) is 24.3 Å². The fraction of sp³-hybridized carbons (Fsp3) is 0.750. The molecule has 0 heterocycles. The molecule has 0 fully saturated rings. The van der Waals surface area contributed by atoms with Crippen molar-refractivity contribution >= 4 is 0 Å². The summed E-state index contributed by atoms with van der Waals surface area (Å²) in [6, 6.07) is 9.17. The second kappa shape index (κ2) is 13.5. The minimum atomic E-state index is 0.867. The summed E-state index contributed by atoms with van der Waals surface area (Å²) in [7, 11) is 0. The van der Waals surface area contributed by atoms with Crippen LogP contribution in [-0.2, 0) is 12.8 Å². The highest BCUT2D eigenvalue weighted by atomic mass is 14.1. The first-order valence-electron chi connectivity index (χ1n) is 10.7. The van der Waals surface area contributed by atoms with E-state index in [2.05, 4.69) is 52.0 Å². The third-order valence-electron chi connectivity index (χ3n) is 5.07. The molecule has 0 amide bonds. The molecule has 24 heavy (non-hydrogen) atoms. The van der Waals surface area contributed by atoms with E-state index in [1.807, 2.05) is 0 Å². The second-order valence-electron chi connectivity index (χ2n) is 8.46. The first-order valence-corrected chi connectivity index (χ1v) is 10.7. The van der Waals surface area contributed by atoms with Crippen LogP contribution in [0.4, 0.5) is 0 Å². The maximum absolute atomic E-state index is 2.36. The number of aryl methyl sites for hydroxylation is 2. The van der Waals surface area contributed by atoms with Gasteiger partial charge in [0.15, 0.2) is 0 Å². The highest BCUT2D eigenvalue weighted by Gasteiger charge is 2.03. The summed E-state index contributed by atoms with van der Waals surface area (Å²) in [6.07, 6.45) is 16.5. The van der Waals surface area contributed by atoms with Gasteiger partial charge in [-0.2, -0.15) is 0 Å². The molecule has 0 unspecified atom stereocenters. The molecular weight excluding hydrogens is 288 g/mol. The summed E-state index contributed by atoms with van der Waals surface area (Å²) < 4.78 is 0. The molecule has 0 saturated carbocycles. The van der Waals surface area contributed by atoms with Crippen LogP contribution in [0.25, 0.3) is 0 Å². The Kier molecular flexibility index (Phi) is 12.0. The molecular formula is C24H42. The first-order chi connectivity index (χ1) is 11.6. The zero-order valence-electron chi connectivity index (χ0n) is 16.9. The van der Waals surface area contributed by atoms with E-state index >= 15 is 0 Å². The fourth-order valence-corrected chi connectivity index (χ4v) is 3.49. The fourth-order valence-electron chi connectivity index (χ4n) is 3.49. The monoisotopic (exact) mass is 330 g/mol. The Morgan fingerprint density at radius 3 is 1.29 bits per heavy atom. The van der Waals surface area contributed by atoms with Gasteiger partial charge >= 0.3 is 0 Å². The van der Waals surface area contributed by atoms with E-state index in [0.717, 1.165) is 11.8 Å². The van der Waals surface area contributed by atoms with Crippen LogP contribution in [0.3, 0.4) is 0 Å². The van der Waals surface area contributed by atoms with E-state index in [9.17, 15) is 0 Å². The van der Waals surface area contributed by atoms with Crippen LogP contribution in [-0.4, -0.2) is 0 Å². The van der Waals surface area contributed by atoms with Gasteiger partial charge in [-0.25, -0.2) is 0 Å². The van der Waals surface area contributed by atoms with Gasteiger partial charge in [0, 0.05) is 0 Å². The molecule has 138 valence electrons. The number of hydrogen-bond acceptors (Lipinski definition) is 0. The maximum atomic E-state index is 2.36.